The Kier molecular flexibility index (Phi) is 8.24. The number of hydrogen-bond donors (Lipinski definition) is 0. The van der Waals surface area contributed by atoms with Crippen LogP contribution in [0.25, 0.3) is 0 Å². The van der Waals surface area contributed by atoms with Gasteiger partial charge in [0.05, 0.1) is 12.1 Å². The van der Waals surface area contributed by atoms with E-state index in [0.29, 0.717) is 37.7 Å². The molecule has 38 heavy (non-hydrogen) atoms. The zero-order chi connectivity index (χ0) is 26.5. The lowest BCUT2D eigenvalue weighted by molar-refractivity contribution is -0.133. The monoisotopic (exact) mass is 537 g/mol. The van der Waals surface area contributed by atoms with E-state index in [2.05, 4.69) is 4.90 Å². The quantitative estimate of drug-likeness (QED) is 0.376. The number of likely N-dealkylation sites (tertiary alicyclic amines) is 1. The Morgan fingerprint density at radius 2 is 1.79 bits per heavy atom. The molecule has 0 bridgehead atoms. The molecular formula is C29H32FN3O4S. The summed E-state index contributed by atoms with van der Waals surface area (Å²) in [6.45, 7) is 5.81. The first-order valence-corrected chi connectivity index (χ1v) is 13.8. The van der Waals surface area contributed by atoms with Crippen LogP contribution in [0.5, 0.6) is 11.5 Å². The number of rotatable bonds is 10. The third-order valence-corrected chi connectivity index (χ3v) is 8.08. The van der Waals surface area contributed by atoms with Crippen LogP contribution in [-0.2, 0) is 17.9 Å². The maximum absolute atomic E-state index is 14.6. The zero-order valence-electron chi connectivity index (χ0n) is 21.5. The van der Waals surface area contributed by atoms with Crippen molar-refractivity contribution < 1.29 is 23.5 Å². The summed E-state index contributed by atoms with van der Waals surface area (Å²) in [5, 5.41) is 2.01. The minimum Gasteiger partial charge on any atom is -0.454 e. The molecule has 0 aliphatic carbocycles. The van der Waals surface area contributed by atoms with Gasteiger partial charge in [0.1, 0.15) is 12.4 Å². The molecule has 200 valence electrons. The van der Waals surface area contributed by atoms with Gasteiger partial charge in [-0.1, -0.05) is 18.2 Å². The largest absolute Gasteiger partial charge is 0.454 e. The molecule has 3 heterocycles. The van der Waals surface area contributed by atoms with Crippen LogP contribution in [-0.4, -0.2) is 66.0 Å². The Labute approximate surface area is 226 Å². The van der Waals surface area contributed by atoms with E-state index in [1.807, 2.05) is 36.6 Å². The molecule has 0 atom stereocenters. The molecule has 2 amide bonds. The van der Waals surface area contributed by atoms with E-state index in [1.165, 1.54) is 17.0 Å². The highest BCUT2D eigenvalue weighted by atomic mass is 32.1. The van der Waals surface area contributed by atoms with E-state index >= 15 is 0 Å². The van der Waals surface area contributed by atoms with Crippen LogP contribution in [0.15, 0.2) is 53.9 Å². The number of carbonyl (C=O) groups excluding carboxylic acids is 2. The van der Waals surface area contributed by atoms with Crippen LogP contribution in [0.1, 0.15) is 39.2 Å². The third-order valence-electron chi connectivity index (χ3n) is 7.07. The summed E-state index contributed by atoms with van der Waals surface area (Å²) < 4.78 is 25.5. The van der Waals surface area contributed by atoms with Gasteiger partial charge in [-0.05, 0) is 79.7 Å². The Hall–Kier alpha value is -3.43. The van der Waals surface area contributed by atoms with Crippen LogP contribution in [0, 0.1) is 12.7 Å². The number of nitrogens with zero attached hydrogens (tertiary/aromatic N) is 3. The van der Waals surface area contributed by atoms with E-state index in [9.17, 15) is 14.0 Å². The van der Waals surface area contributed by atoms with Crippen LogP contribution in [0.2, 0.25) is 0 Å². The zero-order valence-corrected chi connectivity index (χ0v) is 22.3. The molecular weight excluding hydrogens is 505 g/mol. The standard InChI is InChI=1S/C29H32FN3O4S/c1-21-10-15-38-27(21)18-33(17-22-8-9-25-26(16-22)37-20-36-25)28(34)19-32(14-13-31-11-4-5-12-31)29(35)23-6-2-3-7-24(23)30/h2-3,6-10,15-16H,4-5,11-14,17-20H2,1H3. The average molecular weight is 538 g/mol. The van der Waals surface area contributed by atoms with Gasteiger partial charge in [0.15, 0.2) is 11.5 Å². The maximum atomic E-state index is 14.6. The second kappa shape index (κ2) is 12.0. The van der Waals surface area contributed by atoms with Gasteiger partial charge >= 0.3 is 0 Å². The number of thiophene rings is 1. The Balaban J connectivity index is 1.37. The molecule has 0 saturated carbocycles. The van der Waals surface area contributed by atoms with Crippen LogP contribution in [0.3, 0.4) is 0 Å². The van der Waals surface area contributed by atoms with Crippen molar-refractivity contribution in [2.24, 2.45) is 0 Å². The summed E-state index contributed by atoms with van der Waals surface area (Å²) in [5.41, 5.74) is 2.01. The summed E-state index contributed by atoms with van der Waals surface area (Å²) in [6, 6.07) is 13.6. The molecule has 1 aromatic heterocycles. The minimum atomic E-state index is -0.581. The number of fused-ring (bicyclic) bond motifs is 1. The van der Waals surface area contributed by atoms with Crippen molar-refractivity contribution >= 4 is 23.2 Å². The lowest BCUT2D eigenvalue weighted by Crippen LogP contribution is -2.45. The number of carbonyl (C=O) groups is 2. The SMILES string of the molecule is Cc1ccsc1CN(Cc1ccc2c(c1)OCO2)C(=O)CN(CCN1CCCC1)C(=O)c1ccccc1F. The first-order chi connectivity index (χ1) is 18.5. The van der Waals surface area contributed by atoms with Gasteiger partial charge < -0.3 is 24.2 Å². The minimum absolute atomic E-state index is 0.0156. The molecule has 2 aliphatic heterocycles. The molecule has 2 aliphatic rings. The highest BCUT2D eigenvalue weighted by Gasteiger charge is 2.26. The fourth-order valence-corrected chi connectivity index (χ4v) is 5.74. The van der Waals surface area contributed by atoms with Crippen molar-refractivity contribution in [2.75, 3.05) is 39.5 Å². The summed E-state index contributed by atoms with van der Waals surface area (Å²) >= 11 is 1.60. The number of hydrogen-bond acceptors (Lipinski definition) is 6. The summed E-state index contributed by atoms with van der Waals surface area (Å²) in [7, 11) is 0. The molecule has 1 fully saturated rings. The molecule has 1 saturated heterocycles. The number of benzene rings is 2. The van der Waals surface area contributed by atoms with Crippen molar-refractivity contribution in [3.05, 3.63) is 81.3 Å². The van der Waals surface area contributed by atoms with Crippen molar-refractivity contribution in [3.8, 4) is 11.5 Å². The Bertz CT molecular complexity index is 1290. The molecule has 0 N–H and O–H groups in total. The normalized spacial score (nSPS) is 14.6. The molecule has 5 rings (SSSR count). The van der Waals surface area contributed by atoms with E-state index in [4.69, 9.17) is 9.47 Å². The predicted octanol–water partition coefficient (Wildman–Crippen LogP) is 4.69. The lowest BCUT2D eigenvalue weighted by atomic mass is 10.1. The predicted molar refractivity (Wildman–Crippen MR) is 144 cm³/mol. The number of ether oxygens (including phenoxy) is 2. The average Bonchev–Trinajstić information content (AvgIpc) is 3.69. The first kappa shape index (κ1) is 26.2. The molecule has 0 spiro atoms. The number of halogens is 1. The molecule has 7 nitrogen and oxygen atoms in total. The van der Waals surface area contributed by atoms with Gasteiger partial charge in [0, 0.05) is 24.5 Å². The van der Waals surface area contributed by atoms with Gasteiger partial charge in [0.25, 0.3) is 5.91 Å². The van der Waals surface area contributed by atoms with Gasteiger partial charge in [-0.25, -0.2) is 4.39 Å². The summed E-state index contributed by atoms with van der Waals surface area (Å²) in [5.74, 6) is 0.101. The smallest absolute Gasteiger partial charge is 0.257 e. The van der Waals surface area contributed by atoms with E-state index in [1.54, 1.807) is 28.4 Å². The summed E-state index contributed by atoms with van der Waals surface area (Å²) in [4.78, 5) is 33.9. The number of amides is 2. The molecule has 2 aromatic carbocycles. The van der Waals surface area contributed by atoms with E-state index < -0.39 is 11.7 Å². The highest BCUT2D eigenvalue weighted by molar-refractivity contribution is 7.10. The summed E-state index contributed by atoms with van der Waals surface area (Å²) in [6.07, 6.45) is 2.26. The fraction of sp³-hybridized carbons (Fsp3) is 0.379. The van der Waals surface area contributed by atoms with E-state index in [0.717, 1.165) is 41.9 Å². The topological polar surface area (TPSA) is 62.3 Å². The molecule has 3 aromatic rings. The third kappa shape index (κ3) is 6.16. The number of aryl methyl sites for hydroxylation is 1. The van der Waals surface area contributed by atoms with E-state index in [-0.39, 0.29) is 24.8 Å². The molecule has 9 heteroatoms. The van der Waals surface area contributed by atoms with Gasteiger partial charge in [-0.2, -0.15) is 0 Å². The van der Waals surface area contributed by atoms with Crippen LogP contribution >= 0.6 is 11.3 Å². The second-order valence-corrected chi connectivity index (χ2v) is 10.7. The van der Waals surface area contributed by atoms with Gasteiger partial charge in [0.2, 0.25) is 12.7 Å². The first-order valence-electron chi connectivity index (χ1n) is 12.9. The lowest BCUT2D eigenvalue weighted by Gasteiger charge is -2.29. The highest BCUT2D eigenvalue weighted by Crippen LogP contribution is 2.33. The maximum Gasteiger partial charge on any atom is 0.257 e. The van der Waals surface area contributed by atoms with Gasteiger partial charge in [-0.15, -0.1) is 11.3 Å². The van der Waals surface area contributed by atoms with Crippen molar-refractivity contribution in [1.82, 2.24) is 14.7 Å². The molecule has 0 radical (unpaired) electrons. The molecule has 0 unspecified atom stereocenters. The van der Waals surface area contributed by atoms with Crippen molar-refractivity contribution in [2.45, 2.75) is 32.9 Å². The Morgan fingerprint density at radius 3 is 2.55 bits per heavy atom. The van der Waals surface area contributed by atoms with Crippen LogP contribution in [0.4, 0.5) is 4.39 Å². The van der Waals surface area contributed by atoms with Crippen molar-refractivity contribution in [3.63, 3.8) is 0 Å². The second-order valence-electron chi connectivity index (χ2n) is 9.72. The van der Waals surface area contributed by atoms with Gasteiger partial charge in [-0.3, -0.25) is 9.59 Å². The van der Waals surface area contributed by atoms with Crippen molar-refractivity contribution in [1.29, 1.82) is 0 Å². The van der Waals surface area contributed by atoms with Crippen LogP contribution < -0.4 is 9.47 Å². The fourth-order valence-electron chi connectivity index (χ4n) is 4.82. The Morgan fingerprint density at radius 1 is 1.00 bits per heavy atom.